The quantitative estimate of drug-likeness (QED) is 0.591. The zero-order valence-corrected chi connectivity index (χ0v) is 11.1. The molecule has 0 aromatic heterocycles. The lowest BCUT2D eigenvalue weighted by molar-refractivity contribution is -0.666. The molecule has 0 radical (unpaired) electrons. The van der Waals surface area contributed by atoms with Gasteiger partial charge in [-0.25, -0.2) is 24.6 Å². The SMILES string of the molecule is O=[N+]([O-])N1CCN([N+](=O)[O-])CN(Cc2ccc(F)cc2)C1. The van der Waals surface area contributed by atoms with E-state index < -0.39 is 10.1 Å². The Balaban J connectivity index is 2.11. The smallest absolute Gasteiger partial charge is 0.161 e. The molecule has 0 atom stereocenters. The maximum atomic E-state index is 12.9. The summed E-state index contributed by atoms with van der Waals surface area (Å²) in [5.74, 6) is -0.381. The van der Waals surface area contributed by atoms with Crippen LogP contribution in [0, 0.1) is 26.0 Å². The molecule has 1 aliphatic rings. The summed E-state index contributed by atoms with van der Waals surface area (Å²) in [6, 6.07) is 5.66. The maximum Gasteiger partial charge on any atom is 0.161 e. The zero-order valence-electron chi connectivity index (χ0n) is 11.1. The molecule has 114 valence electrons. The first-order valence-corrected chi connectivity index (χ1v) is 6.21. The molecule has 0 bridgehead atoms. The molecule has 0 aliphatic carbocycles. The number of hydrogen-bond acceptors (Lipinski definition) is 5. The van der Waals surface area contributed by atoms with Gasteiger partial charge in [0.05, 0.1) is 0 Å². The first-order chi connectivity index (χ1) is 9.95. The van der Waals surface area contributed by atoms with E-state index in [9.17, 15) is 24.6 Å². The monoisotopic (exact) mass is 299 g/mol. The molecule has 1 heterocycles. The number of nitrogens with zero attached hydrogens (tertiary/aromatic N) is 5. The van der Waals surface area contributed by atoms with Crippen molar-refractivity contribution in [3.05, 3.63) is 55.9 Å². The fraction of sp³-hybridized carbons (Fsp3) is 0.455. The van der Waals surface area contributed by atoms with Gasteiger partial charge in [0.25, 0.3) is 0 Å². The van der Waals surface area contributed by atoms with Crippen LogP contribution in [0.3, 0.4) is 0 Å². The van der Waals surface area contributed by atoms with Crippen LogP contribution in [0.15, 0.2) is 24.3 Å². The Morgan fingerprint density at radius 1 is 1.00 bits per heavy atom. The van der Waals surface area contributed by atoms with Gasteiger partial charge in [-0.05, 0) is 17.7 Å². The Morgan fingerprint density at radius 2 is 1.48 bits per heavy atom. The van der Waals surface area contributed by atoms with Gasteiger partial charge in [-0.15, -0.1) is 10.0 Å². The van der Waals surface area contributed by atoms with Crippen molar-refractivity contribution in [2.75, 3.05) is 26.4 Å². The molecule has 1 aromatic rings. The summed E-state index contributed by atoms with van der Waals surface area (Å²) < 4.78 is 12.9. The minimum atomic E-state index is -0.568. The van der Waals surface area contributed by atoms with Gasteiger partial charge in [0, 0.05) is 6.54 Å². The van der Waals surface area contributed by atoms with E-state index in [0.29, 0.717) is 0 Å². The lowest BCUT2D eigenvalue weighted by Gasteiger charge is -2.22. The highest BCUT2D eigenvalue weighted by atomic mass is 19.1. The molecule has 2 rings (SSSR count). The number of hydrogen-bond donors (Lipinski definition) is 0. The van der Waals surface area contributed by atoms with Crippen molar-refractivity contribution in [2.24, 2.45) is 0 Å². The lowest BCUT2D eigenvalue weighted by Crippen LogP contribution is -2.41. The van der Waals surface area contributed by atoms with E-state index in [4.69, 9.17) is 0 Å². The number of rotatable bonds is 4. The van der Waals surface area contributed by atoms with Crippen LogP contribution in [0.25, 0.3) is 0 Å². The van der Waals surface area contributed by atoms with Crippen molar-refractivity contribution in [2.45, 2.75) is 6.54 Å². The van der Waals surface area contributed by atoms with Crippen LogP contribution in [-0.4, -0.2) is 51.4 Å². The summed E-state index contributed by atoms with van der Waals surface area (Å²) in [7, 11) is 0. The molecule has 0 N–H and O–H groups in total. The third-order valence-electron chi connectivity index (χ3n) is 3.12. The number of halogens is 1. The van der Waals surface area contributed by atoms with Crippen LogP contribution in [-0.2, 0) is 6.54 Å². The van der Waals surface area contributed by atoms with E-state index in [0.717, 1.165) is 15.6 Å². The largest absolute Gasteiger partial charge is 0.254 e. The topological polar surface area (TPSA) is 96.0 Å². The molecule has 0 saturated carbocycles. The van der Waals surface area contributed by atoms with Crippen molar-refractivity contribution in [3.63, 3.8) is 0 Å². The van der Waals surface area contributed by atoms with Gasteiger partial charge in [0.2, 0.25) is 0 Å². The Morgan fingerprint density at radius 3 is 1.90 bits per heavy atom. The summed E-state index contributed by atoms with van der Waals surface area (Å²) in [6.07, 6.45) is 0. The highest BCUT2D eigenvalue weighted by molar-refractivity contribution is 5.15. The number of nitro groups is 2. The Kier molecular flexibility index (Phi) is 4.48. The van der Waals surface area contributed by atoms with Crippen molar-refractivity contribution >= 4 is 0 Å². The van der Waals surface area contributed by atoms with E-state index in [1.165, 1.54) is 12.1 Å². The van der Waals surface area contributed by atoms with Crippen molar-refractivity contribution < 1.29 is 14.5 Å². The summed E-state index contributed by atoms with van der Waals surface area (Å²) in [5.41, 5.74) is 0.727. The Bertz CT molecular complexity index is 502. The molecule has 1 saturated heterocycles. The number of hydrazine groups is 2. The van der Waals surface area contributed by atoms with Gasteiger partial charge in [-0.2, -0.15) is 0 Å². The first-order valence-electron chi connectivity index (χ1n) is 6.21. The third-order valence-corrected chi connectivity index (χ3v) is 3.12. The van der Waals surface area contributed by atoms with Gasteiger partial charge in [0.1, 0.15) is 32.2 Å². The van der Waals surface area contributed by atoms with E-state index in [-0.39, 0.29) is 38.8 Å². The molecular formula is C11H14FN5O4. The first kappa shape index (κ1) is 14.9. The highest BCUT2D eigenvalue weighted by Crippen LogP contribution is 2.11. The zero-order chi connectivity index (χ0) is 15.4. The average Bonchev–Trinajstić information content (AvgIpc) is 2.64. The van der Waals surface area contributed by atoms with Gasteiger partial charge in [-0.3, -0.25) is 4.90 Å². The predicted molar refractivity (Wildman–Crippen MR) is 69.1 cm³/mol. The van der Waals surface area contributed by atoms with E-state index in [1.54, 1.807) is 17.0 Å². The molecule has 1 aromatic carbocycles. The van der Waals surface area contributed by atoms with Crippen molar-refractivity contribution in [3.8, 4) is 0 Å². The standard InChI is InChI=1S/C11H14FN5O4/c12-11-3-1-10(2-4-11)7-13-8-14(16(18)19)5-6-15(9-13)17(20)21/h1-4H,5-9H2. The molecule has 1 fully saturated rings. The predicted octanol–water partition coefficient (Wildman–Crippen LogP) is 0.544. The van der Waals surface area contributed by atoms with Gasteiger partial charge in [-0.1, -0.05) is 12.1 Å². The second kappa shape index (κ2) is 6.31. The van der Waals surface area contributed by atoms with Crippen molar-refractivity contribution in [1.82, 2.24) is 14.9 Å². The number of benzene rings is 1. The fourth-order valence-corrected chi connectivity index (χ4v) is 2.09. The summed E-state index contributed by atoms with van der Waals surface area (Å²) >= 11 is 0. The molecule has 10 heteroatoms. The molecule has 9 nitrogen and oxygen atoms in total. The summed E-state index contributed by atoms with van der Waals surface area (Å²) in [5, 5.41) is 22.5. The van der Waals surface area contributed by atoms with Crippen LogP contribution in [0.1, 0.15) is 5.56 Å². The Hall–Kier alpha value is -2.49. The highest BCUT2D eigenvalue weighted by Gasteiger charge is 2.30. The van der Waals surface area contributed by atoms with Gasteiger partial charge < -0.3 is 0 Å². The molecule has 1 aliphatic heterocycles. The minimum absolute atomic E-state index is 0.0330. The lowest BCUT2D eigenvalue weighted by atomic mass is 10.2. The molecule has 0 spiro atoms. The summed E-state index contributed by atoms with van der Waals surface area (Å²) in [6.45, 7) is 0.125. The molecule has 0 amide bonds. The normalized spacial score (nSPS) is 16.6. The summed E-state index contributed by atoms with van der Waals surface area (Å²) in [4.78, 5) is 23.3. The van der Waals surface area contributed by atoms with Gasteiger partial charge >= 0.3 is 0 Å². The second-order valence-electron chi connectivity index (χ2n) is 4.67. The molecule has 0 unspecified atom stereocenters. The second-order valence-corrected chi connectivity index (χ2v) is 4.67. The molecule has 21 heavy (non-hydrogen) atoms. The molecular weight excluding hydrogens is 285 g/mol. The van der Waals surface area contributed by atoms with Crippen LogP contribution >= 0.6 is 0 Å². The minimum Gasteiger partial charge on any atom is -0.254 e. The average molecular weight is 299 g/mol. The van der Waals surface area contributed by atoms with Crippen LogP contribution in [0.2, 0.25) is 0 Å². The van der Waals surface area contributed by atoms with Crippen LogP contribution < -0.4 is 0 Å². The van der Waals surface area contributed by atoms with E-state index in [1.807, 2.05) is 0 Å². The Labute approximate surface area is 119 Å². The van der Waals surface area contributed by atoms with Crippen LogP contribution in [0.4, 0.5) is 4.39 Å². The van der Waals surface area contributed by atoms with Crippen LogP contribution in [0.5, 0.6) is 0 Å². The van der Waals surface area contributed by atoms with Gasteiger partial charge in [0.15, 0.2) is 10.1 Å². The maximum absolute atomic E-state index is 12.9. The van der Waals surface area contributed by atoms with E-state index >= 15 is 0 Å². The fourth-order valence-electron chi connectivity index (χ4n) is 2.09. The van der Waals surface area contributed by atoms with E-state index in [2.05, 4.69) is 0 Å². The van der Waals surface area contributed by atoms with Crippen molar-refractivity contribution in [1.29, 1.82) is 0 Å². The third kappa shape index (κ3) is 3.99.